The molecule has 1 aliphatic rings. The maximum Gasteiger partial charge on any atom is 0.259 e. The highest BCUT2D eigenvalue weighted by molar-refractivity contribution is 7.44. The first-order valence-electron chi connectivity index (χ1n) is 20.3. The Morgan fingerprint density at radius 3 is 2.07 bits per heavy atom. The first-order chi connectivity index (χ1) is 28.8. The minimum atomic E-state index is -1.89. The van der Waals surface area contributed by atoms with Gasteiger partial charge in [0.05, 0.1) is 65.1 Å². The van der Waals surface area contributed by atoms with E-state index in [1.807, 2.05) is 127 Å². The van der Waals surface area contributed by atoms with E-state index in [1.165, 1.54) is 0 Å². The van der Waals surface area contributed by atoms with Crippen molar-refractivity contribution in [2.75, 3.05) is 39.4 Å². The number of imidazole rings is 1. The molecule has 1 fully saturated rings. The van der Waals surface area contributed by atoms with E-state index in [1.54, 1.807) is 31.3 Å². The van der Waals surface area contributed by atoms with Crippen LogP contribution in [0.2, 0.25) is 0 Å². The molecule has 1 saturated heterocycles. The molecule has 0 radical (unpaired) electrons. The zero-order valence-electron chi connectivity index (χ0n) is 35.9. The van der Waals surface area contributed by atoms with Crippen LogP contribution in [0.25, 0.3) is 11.2 Å². The van der Waals surface area contributed by atoms with Crippen molar-refractivity contribution in [1.29, 1.82) is 5.26 Å². The van der Waals surface area contributed by atoms with Crippen molar-refractivity contribution >= 4 is 25.6 Å². The zero-order valence-corrected chi connectivity index (χ0v) is 36.8. The summed E-state index contributed by atoms with van der Waals surface area (Å²) in [6.45, 7) is 14.2. The molecule has 3 aromatic carbocycles. The fraction of sp³-hybridized carbons (Fsp3) is 0.467. The summed E-state index contributed by atoms with van der Waals surface area (Å²) in [6, 6.07) is 26.6. The Labute approximate surface area is 354 Å². The van der Waals surface area contributed by atoms with Gasteiger partial charge in [0.15, 0.2) is 11.8 Å². The molecule has 0 aliphatic carbocycles. The monoisotopic (exact) mass is 841 g/mol. The van der Waals surface area contributed by atoms with Crippen molar-refractivity contribution in [3.63, 3.8) is 0 Å². The second-order valence-corrected chi connectivity index (χ2v) is 17.7. The normalized spacial score (nSPS) is 19.1. The molecule has 0 saturated carbocycles. The van der Waals surface area contributed by atoms with Gasteiger partial charge in [-0.25, -0.2) is 19.0 Å². The average molecular weight is 842 g/mol. The third kappa shape index (κ3) is 10.1. The molecule has 6 rings (SSSR count). The number of rotatable bonds is 18. The van der Waals surface area contributed by atoms with Crippen molar-refractivity contribution in [2.24, 2.45) is 0 Å². The number of nitrogens with zero attached hydrogens (tertiary/aromatic N) is 6. The van der Waals surface area contributed by atoms with Crippen LogP contribution in [0.1, 0.15) is 77.6 Å². The van der Waals surface area contributed by atoms with E-state index in [2.05, 4.69) is 26.0 Å². The van der Waals surface area contributed by atoms with Crippen LogP contribution in [-0.4, -0.2) is 94.2 Å². The predicted molar refractivity (Wildman–Crippen MR) is 231 cm³/mol. The summed E-state index contributed by atoms with van der Waals surface area (Å²) >= 11 is 0. The minimum Gasteiger partial charge on any atom is -0.497 e. The number of ether oxygens (including phenoxy) is 4. The number of nitrogens with one attached hydrogen (secondary N) is 1. The predicted octanol–water partition coefficient (Wildman–Crippen LogP) is 9.00. The topological polar surface area (TPSA) is 138 Å². The van der Waals surface area contributed by atoms with Crippen LogP contribution in [0.15, 0.2) is 91.4 Å². The van der Waals surface area contributed by atoms with Crippen molar-refractivity contribution in [2.45, 2.75) is 103 Å². The molecule has 13 nitrogen and oxygen atoms in total. The fourth-order valence-corrected chi connectivity index (χ4v) is 9.25. The molecule has 320 valence electrons. The molecule has 5 aromatic rings. The highest BCUT2D eigenvalue weighted by Crippen LogP contribution is 2.50. The first-order valence-corrected chi connectivity index (χ1v) is 21.4. The number of aromatic nitrogens is 4. The van der Waals surface area contributed by atoms with Crippen LogP contribution in [-0.2, 0) is 24.1 Å². The summed E-state index contributed by atoms with van der Waals surface area (Å²) in [5, 5.41) is 12.7. The van der Waals surface area contributed by atoms with Gasteiger partial charge in [-0.2, -0.15) is 10.2 Å². The van der Waals surface area contributed by atoms with Gasteiger partial charge in [-0.1, -0.05) is 54.6 Å². The van der Waals surface area contributed by atoms with Crippen LogP contribution in [0, 0.1) is 11.3 Å². The summed E-state index contributed by atoms with van der Waals surface area (Å²) in [5.74, 6) is 1.78. The fourth-order valence-electron chi connectivity index (χ4n) is 7.48. The van der Waals surface area contributed by atoms with E-state index >= 15 is 4.39 Å². The number of hydrogen-bond donors (Lipinski definition) is 1. The highest BCUT2D eigenvalue weighted by atomic mass is 31.2. The Morgan fingerprint density at radius 2 is 1.52 bits per heavy atom. The van der Waals surface area contributed by atoms with Crippen LogP contribution >= 0.6 is 8.53 Å². The van der Waals surface area contributed by atoms with Crippen LogP contribution in [0.5, 0.6) is 11.5 Å². The molecule has 0 spiro atoms. The molecular weight excluding hydrogens is 785 g/mol. The van der Waals surface area contributed by atoms with Crippen LogP contribution < -0.4 is 14.8 Å². The highest BCUT2D eigenvalue weighted by Gasteiger charge is 2.48. The minimum absolute atomic E-state index is 0.0230. The smallest absolute Gasteiger partial charge is 0.259 e. The van der Waals surface area contributed by atoms with Gasteiger partial charge >= 0.3 is 0 Å². The number of anilines is 1. The van der Waals surface area contributed by atoms with Crippen LogP contribution in [0.4, 0.5) is 10.3 Å². The average Bonchev–Trinajstić information content (AvgIpc) is 3.65. The van der Waals surface area contributed by atoms with Gasteiger partial charge in [0.1, 0.15) is 34.8 Å². The van der Waals surface area contributed by atoms with E-state index in [0.717, 1.165) is 16.7 Å². The lowest BCUT2D eigenvalue weighted by molar-refractivity contribution is -0.162. The lowest BCUT2D eigenvalue weighted by atomic mass is 9.80. The van der Waals surface area contributed by atoms with Gasteiger partial charge in [-0.3, -0.25) is 0 Å². The lowest BCUT2D eigenvalue weighted by Crippen LogP contribution is -2.53. The van der Waals surface area contributed by atoms with Gasteiger partial charge < -0.3 is 37.9 Å². The second kappa shape index (κ2) is 19.8. The molecule has 1 N–H and O–H groups in total. The zero-order chi connectivity index (χ0) is 43.0. The van der Waals surface area contributed by atoms with Gasteiger partial charge in [-0.05, 0) is 89.4 Å². The molecule has 1 aliphatic heterocycles. The summed E-state index contributed by atoms with van der Waals surface area (Å²) < 4.78 is 59.9. The Kier molecular flexibility index (Phi) is 14.8. The Hall–Kier alpha value is -4.74. The number of alkyl halides is 1. The molecule has 0 amide bonds. The van der Waals surface area contributed by atoms with Gasteiger partial charge in [0.25, 0.3) is 8.53 Å². The molecule has 2 unspecified atom stereocenters. The van der Waals surface area contributed by atoms with Crippen molar-refractivity contribution in [3.05, 3.63) is 108 Å². The van der Waals surface area contributed by atoms with E-state index in [4.69, 9.17) is 33.0 Å². The Morgan fingerprint density at radius 1 is 0.917 bits per heavy atom. The molecule has 3 heterocycles. The number of halogens is 1. The third-order valence-electron chi connectivity index (χ3n) is 10.2. The Bertz CT molecular complexity index is 2110. The summed E-state index contributed by atoms with van der Waals surface area (Å²) in [6.07, 6.45) is -0.397. The summed E-state index contributed by atoms with van der Waals surface area (Å²) in [4.78, 5) is 13.7. The van der Waals surface area contributed by atoms with E-state index < -0.39 is 38.5 Å². The number of fused-ring (bicyclic) bond motifs is 1. The standard InChI is InChI=1S/C45H57FN7O6P/c1-30(2)53(31(3)4)60(58-25-13-24-47)59-41-39(56-27-38(40(41)46)52-29-49-37-26-48-43(50-42(37)52)51-44(5,6)7)28-57-45(32-14-11-10-12-15-32,33-16-20-35(54-8)21-17-33)34-18-22-36(55-9)23-19-34/h10-12,14-23,26,29-31,38-41H,13,25,27-28H2,1-9H3,(H,48,50,51)/t38-,39-,40-,41?,60?/m1/s1. The van der Waals surface area contributed by atoms with Gasteiger partial charge in [0.2, 0.25) is 5.95 Å². The molecule has 2 aromatic heterocycles. The third-order valence-corrected chi connectivity index (χ3v) is 12.3. The maximum atomic E-state index is 17.9. The van der Waals surface area contributed by atoms with Gasteiger partial charge in [-0.15, -0.1) is 0 Å². The summed E-state index contributed by atoms with van der Waals surface area (Å²) in [7, 11) is 1.36. The largest absolute Gasteiger partial charge is 0.497 e. The SMILES string of the molecule is COc1ccc(C(OC[C@H]2OC[C@@H](n3cnc4cnc(NC(C)(C)C)nc43)[C@@H](F)C2OP(OCCC#N)N(C(C)C)C(C)C)(c2ccccc2)c2ccc(OC)cc2)cc1. The second-order valence-electron chi connectivity index (χ2n) is 16.2. The summed E-state index contributed by atoms with van der Waals surface area (Å²) in [5.41, 5.74) is 1.96. The molecule has 0 bridgehead atoms. The molecule has 15 heteroatoms. The van der Waals surface area contributed by atoms with E-state index in [9.17, 15) is 5.26 Å². The Balaban J connectivity index is 1.44. The number of hydrogen-bond acceptors (Lipinski definition) is 12. The number of methoxy groups -OCH3 is 2. The number of benzene rings is 3. The lowest BCUT2D eigenvalue weighted by Gasteiger charge is -2.44. The molecular formula is C45H57FN7O6P. The van der Waals surface area contributed by atoms with Gasteiger partial charge in [0, 0.05) is 17.6 Å². The molecule has 5 atom stereocenters. The first kappa shape index (κ1) is 44.8. The number of nitriles is 1. The van der Waals surface area contributed by atoms with Crippen molar-refractivity contribution in [3.8, 4) is 17.6 Å². The molecule has 60 heavy (non-hydrogen) atoms. The maximum absolute atomic E-state index is 17.9. The quantitative estimate of drug-likeness (QED) is 0.0512. The van der Waals surface area contributed by atoms with Crippen molar-refractivity contribution in [1.82, 2.24) is 24.2 Å². The van der Waals surface area contributed by atoms with Crippen LogP contribution in [0.3, 0.4) is 0 Å². The van der Waals surface area contributed by atoms with Crippen molar-refractivity contribution < 1.29 is 32.4 Å². The van der Waals surface area contributed by atoms with E-state index in [-0.39, 0.29) is 43.9 Å². The van der Waals surface area contributed by atoms with E-state index in [0.29, 0.717) is 28.6 Å².